The molecule has 0 unspecified atom stereocenters. The Kier molecular flexibility index (Phi) is 18.7. The smallest absolute Gasteiger partial charge is 0.303 e. The second-order valence-electron chi connectivity index (χ2n) is 15.4. The Labute approximate surface area is 401 Å². The van der Waals surface area contributed by atoms with Crippen LogP contribution < -0.4 is 0 Å². The van der Waals surface area contributed by atoms with Crippen LogP contribution in [0.25, 0.3) is 21.5 Å². The molecule has 4 aromatic carbocycles. The number of fused-ring (bicyclic) bond motifs is 2. The molecule has 16 nitrogen and oxygen atoms in total. The van der Waals surface area contributed by atoms with Crippen molar-refractivity contribution in [2.24, 2.45) is 0 Å². The topological polar surface area (TPSA) is 195 Å². The summed E-state index contributed by atoms with van der Waals surface area (Å²) >= 11 is 2.50. The summed E-state index contributed by atoms with van der Waals surface area (Å²) in [6.45, 7) is 6.11. The van der Waals surface area contributed by atoms with E-state index in [1.165, 1.54) is 65.1 Å². The van der Waals surface area contributed by atoms with Gasteiger partial charge in [-0.3, -0.25) is 28.8 Å². The zero-order chi connectivity index (χ0) is 48.7. The lowest BCUT2D eigenvalue weighted by atomic mass is 9.99. The minimum absolute atomic E-state index is 0.294. The van der Waals surface area contributed by atoms with Gasteiger partial charge < -0.3 is 47.4 Å². The summed E-state index contributed by atoms with van der Waals surface area (Å²) in [5.74, 6) is 7.09. The van der Waals surface area contributed by atoms with Gasteiger partial charge in [-0.05, 0) is 57.7 Å². The quantitative estimate of drug-likeness (QED) is 0.0725. The second-order valence-corrected chi connectivity index (χ2v) is 17.7. The highest BCUT2D eigenvalue weighted by molar-refractivity contribution is 8.00. The molecule has 4 aromatic rings. The van der Waals surface area contributed by atoms with E-state index < -0.39 is 95.5 Å². The molecule has 358 valence electrons. The van der Waals surface area contributed by atoms with E-state index in [9.17, 15) is 28.8 Å². The summed E-state index contributed by atoms with van der Waals surface area (Å²) in [5, 5.41) is 3.96. The largest absolute Gasteiger partial charge is 0.463 e. The first-order valence-electron chi connectivity index (χ1n) is 21.4. The number of carbonyl (C=O) groups excluding carboxylic acids is 6. The Morgan fingerprint density at radius 2 is 0.809 bits per heavy atom. The van der Waals surface area contributed by atoms with Crippen LogP contribution in [0.15, 0.2) is 94.7 Å². The third-order valence-corrected chi connectivity index (χ3v) is 12.4. The van der Waals surface area contributed by atoms with Crippen molar-refractivity contribution in [1.82, 2.24) is 0 Å². The number of rotatable bonds is 16. The molecule has 0 amide bonds. The summed E-state index contributed by atoms with van der Waals surface area (Å²) in [5.41, 5.74) is -1.84. The molecule has 6 rings (SSSR count). The zero-order valence-electron chi connectivity index (χ0n) is 38.0. The lowest BCUT2D eigenvalue weighted by molar-refractivity contribution is -0.238. The second kappa shape index (κ2) is 24.8. The molecule has 2 heterocycles. The first kappa shape index (κ1) is 51.3. The first-order chi connectivity index (χ1) is 32.6. The average molecular weight is 971 g/mol. The molecule has 0 aromatic heterocycles. The average Bonchev–Trinajstić information content (AvgIpc) is 3.28. The molecular weight excluding hydrogens is 921 g/mol. The molecule has 68 heavy (non-hydrogen) atoms. The first-order valence-corrected chi connectivity index (χ1v) is 23.2. The van der Waals surface area contributed by atoms with Gasteiger partial charge in [0.25, 0.3) is 0 Å². The Hall–Kier alpha value is -6.12. The van der Waals surface area contributed by atoms with Crippen LogP contribution in [0.3, 0.4) is 0 Å². The van der Waals surface area contributed by atoms with Gasteiger partial charge in [-0.25, -0.2) is 0 Å². The van der Waals surface area contributed by atoms with E-state index in [1.807, 2.05) is 84.9 Å². The molecule has 2 aliphatic rings. The minimum Gasteiger partial charge on any atom is -0.463 e. The van der Waals surface area contributed by atoms with Crippen LogP contribution in [0, 0.1) is 23.7 Å². The van der Waals surface area contributed by atoms with Gasteiger partial charge >= 0.3 is 35.8 Å². The molecule has 0 aliphatic carbocycles. The Bertz CT molecular complexity index is 2420. The molecule has 0 saturated carbocycles. The van der Waals surface area contributed by atoms with Crippen molar-refractivity contribution in [3.8, 4) is 23.7 Å². The van der Waals surface area contributed by atoms with E-state index in [4.69, 9.17) is 47.4 Å². The normalized spacial score (nSPS) is 24.2. The number of carbonyl (C=O) groups is 6. The van der Waals surface area contributed by atoms with Gasteiger partial charge in [-0.15, -0.1) is 0 Å². The lowest BCUT2D eigenvalue weighted by Gasteiger charge is -2.44. The van der Waals surface area contributed by atoms with Crippen LogP contribution in [0.1, 0.15) is 41.5 Å². The van der Waals surface area contributed by atoms with Crippen LogP contribution >= 0.6 is 23.5 Å². The molecule has 10 atom stereocenters. The maximum absolute atomic E-state index is 12.6. The van der Waals surface area contributed by atoms with Gasteiger partial charge in [0.15, 0.2) is 24.4 Å². The van der Waals surface area contributed by atoms with Crippen molar-refractivity contribution in [3.05, 3.63) is 84.9 Å². The van der Waals surface area contributed by atoms with Crippen LogP contribution in [-0.2, 0) is 76.1 Å². The fourth-order valence-corrected chi connectivity index (χ4v) is 9.79. The predicted molar refractivity (Wildman–Crippen MR) is 247 cm³/mol. The van der Waals surface area contributed by atoms with E-state index in [0.717, 1.165) is 31.3 Å². The van der Waals surface area contributed by atoms with E-state index >= 15 is 0 Å². The highest BCUT2D eigenvalue weighted by Gasteiger charge is 2.52. The molecule has 0 N–H and O–H groups in total. The number of hydrogen-bond donors (Lipinski definition) is 0. The van der Waals surface area contributed by atoms with Gasteiger partial charge in [-0.1, -0.05) is 96.0 Å². The molecule has 2 aliphatic heterocycles. The van der Waals surface area contributed by atoms with Crippen LogP contribution in [0.2, 0.25) is 0 Å². The van der Waals surface area contributed by atoms with Crippen molar-refractivity contribution in [1.29, 1.82) is 0 Å². The molecule has 0 spiro atoms. The van der Waals surface area contributed by atoms with E-state index in [1.54, 1.807) is 0 Å². The van der Waals surface area contributed by atoms with Gasteiger partial charge in [0, 0.05) is 51.3 Å². The number of hydrogen-bond acceptors (Lipinski definition) is 18. The van der Waals surface area contributed by atoms with Crippen molar-refractivity contribution in [2.45, 2.75) is 111 Å². The van der Waals surface area contributed by atoms with Crippen molar-refractivity contribution in [2.75, 3.05) is 26.4 Å². The Balaban J connectivity index is 1.22. The molecule has 0 radical (unpaired) electrons. The van der Waals surface area contributed by atoms with E-state index in [2.05, 4.69) is 23.7 Å². The molecule has 18 heteroatoms. The summed E-state index contributed by atoms with van der Waals surface area (Å²) < 4.78 is 58.7. The number of benzene rings is 4. The monoisotopic (exact) mass is 970 g/mol. The Morgan fingerprint density at radius 3 is 1.16 bits per heavy atom. The lowest BCUT2D eigenvalue weighted by Crippen LogP contribution is -2.61. The maximum Gasteiger partial charge on any atom is 0.303 e. The third-order valence-electron chi connectivity index (χ3n) is 10.2. The summed E-state index contributed by atoms with van der Waals surface area (Å²) in [7, 11) is 0. The van der Waals surface area contributed by atoms with Crippen LogP contribution in [0.5, 0.6) is 0 Å². The van der Waals surface area contributed by atoms with Gasteiger partial charge in [0.2, 0.25) is 0 Å². The SMILES string of the molecule is CC(=O)OC[C@H]1O[C@@H](Sc2ccc3ccccc3c2)[C@H](OC(C)=O)[C@@H](OCC#CC#CCO[C@H]2[C@@H](OC(C)=O)[C@@H](COC(C)=O)O[C@@H](Sc3ccc4ccccc4c3)[C@@H]2OC(C)=O)[C@H]1OC(C)=O. The maximum atomic E-state index is 12.6. The zero-order valence-corrected chi connectivity index (χ0v) is 39.7. The van der Waals surface area contributed by atoms with Crippen molar-refractivity contribution < 1.29 is 76.1 Å². The summed E-state index contributed by atoms with van der Waals surface area (Å²) in [4.78, 5) is 75.4. The minimum atomic E-state index is -1.20. The fourth-order valence-electron chi connectivity index (χ4n) is 7.48. The molecule has 2 fully saturated rings. The number of esters is 6. The molecule has 0 bridgehead atoms. The van der Waals surface area contributed by atoms with Crippen LogP contribution in [-0.4, -0.2) is 122 Å². The van der Waals surface area contributed by atoms with Crippen molar-refractivity contribution in [3.63, 3.8) is 0 Å². The predicted octanol–water partition coefficient (Wildman–Crippen LogP) is 5.96. The molecular formula is C50H50O16S2. The van der Waals surface area contributed by atoms with Crippen molar-refractivity contribution >= 4 is 80.9 Å². The summed E-state index contributed by atoms with van der Waals surface area (Å²) in [6.07, 6.45) is -9.02. The highest BCUT2D eigenvalue weighted by atomic mass is 32.2. The van der Waals surface area contributed by atoms with Crippen LogP contribution in [0.4, 0.5) is 0 Å². The van der Waals surface area contributed by atoms with E-state index in [-0.39, 0.29) is 26.4 Å². The standard InChI is InChI=1S/C50H50O16S2/c1-29(51)59-27-41-43(61-31(3)53)45(47(63-33(5)55)49(65-41)67-39-21-19-35-15-9-11-17-37(35)25-39)57-23-13-7-8-14-24-58-46-44(62-32(4)54)42(28-60-30(2)52)66-50(48(46)64-34(6)56)68-40-22-20-36-16-10-12-18-38(36)26-40/h9-12,15-22,25-26,41-50H,23-24,27-28H2,1-6H3/t41-,42-,43+,44+,45+,46+,47-,48-,49+,50+/m1/s1. The van der Waals surface area contributed by atoms with Gasteiger partial charge in [0.05, 0.1) is 0 Å². The third kappa shape index (κ3) is 14.7. The fraction of sp³-hybridized carbons (Fsp3) is 0.400. The van der Waals surface area contributed by atoms with Gasteiger partial charge in [0.1, 0.15) is 61.7 Å². The van der Waals surface area contributed by atoms with E-state index in [0.29, 0.717) is 0 Å². The highest BCUT2D eigenvalue weighted by Crippen LogP contribution is 2.40. The summed E-state index contributed by atoms with van der Waals surface area (Å²) in [6, 6.07) is 27.2. The Morgan fingerprint density at radius 1 is 0.456 bits per heavy atom. The molecule has 2 saturated heterocycles. The number of ether oxygens (including phenoxy) is 10. The number of thioether (sulfide) groups is 2. The van der Waals surface area contributed by atoms with Gasteiger partial charge in [-0.2, -0.15) is 0 Å².